The summed E-state index contributed by atoms with van der Waals surface area (Å²) < 4.78 is 5.29. The summed E-state index contributed by atoms with van der Waals surface area (Å²) in [5.74, 6) is -1.15. The standard InChI is InChI=1S/C16H14ClNO4/c1-2-22-14(16(20)21)12-8-11(9-19)15(17)18-13(12)10-6-4-3-5-7-10/h3-9,14H,2H2,1H3,(H,20,21). The molecule has 5 nitrogen and oxygen atoms in total. The number of carbonyl (C=O) groups excluding carboxylic acids is 1. The molecule has 0 fully saturated rings. The molecule has 0 bridgehead atoms. The van der Waals surface area contributed by atoms with E-state index in [4.69, 9.17) is 16.3 Å². The summed E-state index contributed by atoms with van der Waals surface area (Å²) in [7, 11) is 0. The number of aldehydes is 1. The number of nitrogens with zero attached hydrogens (tertiary/aromatic N) is 1. The number of rotatable bonds is 6. The summed E-state index contributed by atoms with van der Waals surface area (Å²) in [5, 5.41) is 9.41. The third-order valence-corrected chi connectivity index (χ3v) is 3.35. The number of hydrogen-bond acceptors (Lipinski definition) is 4. The highest BCUT2D eigenvalue weighted by atomic mass is 35.5. The average molecular weight is 320 g/mol. The van der Waals surface area contributed by atoms with Crippen molar-refractivity contribution in [2.75, 3.05) is 6.61 Å². The van der Waals surface area contributed by atoms with Gasteiger partial charge in [-0.15, -0.1) is 0 Å². The molecular formula is C16H14ClNO4. The molecule has 0 aliphatic heterocycles. The first kappa shape index (κ1) is 16.1. The van der Waals surface area contributed by atoms with Gasteiger partial charge >= 0.3 is 5.97 Å². The van der Waals surface area contributed by atoms with E-state index in [0.717, 1.165) is 0 Å². The minimum atomic E-state index is -1.22. The van der Waals surface area contributed by atoms with Crippen molar-refractivity contribution in [1.82, 2.24) is 4.98 Å². The average Bonchev–Trinajstić information content (AvgIpc) is 2.53. The number of carboxylic acid groups (broad SMARTS) is 1. The van der Waals surface area contributed by atoms with Crippen LogP contribution in [0.3, 0.4) is 0 Å². The molecule has 0 amide bonds. The Morgan fingerprint density at radius 3 is 2.64 bits per heavy atom. The van der Waals surface area contributed by atoms with Crippen LogP contribution < -0.4 is 0 Å². The summed E-state index contributed by atoms with van der Waals surface area (Å²) in [6.07, 6.45) is -0.679. The van der Waals surface area contributed by atoms with Gasteiger partial charge in [0.25, 0.3) is 0 Å². The fourth-order valence-corrected chi connectivity index (χ4v) is 2.28. The smallest absolute Gasteiger partial charge is 0.337 e. The largest absolute Gasteiger partial charge is 0.479 e. The van der Waals surface area contributed by atoms with Gasteiger partial charge < -0.3 is 9.84 Å². The van der Waals surface area contributed by atoms with Crippen LogP contribution in [0.4, 0.5) is 0 Å². The first-order chi connectivity index (χ1) is 10.6. The van der Waals surface area contributed by atoms with E-state index in [-0.39, 0.29) is 17.3 Å². The molecule has 1 N–H and O–H groups in total. The van der Waals surface area contributed by atoms with E-state index >= 15 is 0 Å². The summed E-state index contributed by atoms with van der Waals surface area (Å²) >= 11 is 5.98. The van der Waals surface area contributed by atoms with Crippen molar-refractivity contribution in [1.29, 1.82) is 0 Å². The Labute approximate surface area is 132 Å². The Bertz CT molecular complexity index is 688. The maximum absolute atomic E-state index is 11.5. The van der Waals surface area contributed by atoms with E-state index < -0.39 is 12.1 Å². The number of aliphatic carboxylic acids is 1. The van der Waals surface area contributed by atoms with Crippen molar-refractivity contribution in [2.45, 2.75) is 13.0 Å². The molecule has 1 atom stereocenters. The Morgan fingerprint density at radius 2 is 2.09 bits per heavy atom. The third kappa shape index (κ3) is 3.32. The molecule has 2 aromatic rings. The van der Waals surface area contributed by atoms with Gasteiger partial charge in [-0.3, -0.25) is 4.79 Å². The molecule has 1 heterocycles. The van der Waals surface area contributed by atoms with Gasteiger partial charge in [-0.05, 0) is 13.0 Å². The molecule has 0 aliphatic carbocycles. The van der Waals surface area contributed by atoms with Crippen molar-refractivity contribution in [3.8, 4) is 11.3 Å². The van der Waals surface area contributed by atoms with Crippen molar-refractivity contribution in [3.05, 3.63) is 52.7 Å². The molecule has 6 heteroatoms. The minimum absolute atomic E-state index is 0.0261. The lowest BCUT2D eigenvalue weighted by atomic mass is 10.00. The van der Waals surface area contributed by atoms with Crippen LogP contribution in [0.2, 0.25) is 5.15 Å². The first-order valence-electron chi connectivity index (χ1n) is 6.64. The van der Waals surface area contributed by atoms with E-state index in [1.165, 1.54) is 6.07 Å². The van der Waals surface area contributed by atoms with Gasteiger partial charge in [0.1, 0.15) is 5.15 Å². The van der Waals surface area contributed by atoms with Crippen molar-refractivity contribution >= 4 is 23.9 Å². The monoisotopic (exact) mass is 319 g/mol. The molecule has 1 aromatic heterocycles. The molecule has 114 valence electrons. The van der Waals surface area contributed by atoms with Crippen LogP contribution >= 0.6 is 11.6 Å². The summed E-state index contributed by atoms with van der Waals surface area (Å²) in [5.41, 5.74) is 1.51. The first-order valence-corrected chi connectivity index (χ1v) is 7.01. The van der Waals surface area contributed by atoms with Gasteiger partial charge in [0.15, 0.2) is 12.4 Å². The second-order valence-corrected chi connectivity index (χ2v) is 4.82. The molecule has 1 aromatic carbocycles. The lowest BCUT2D eigenvalue weighted by Crippen LogP contribution is -2.17. The normalized spacial score (nSPS) is 11.9. The van der Waals surface area contributed by atoms with Crippen LogP contribution in [-0.2, 0) is 9.53 Å². The lowest BCUT2D eigenvalue weighted by molar-refractivity contribution is -0.150. The summed E-state index contributed by atoms with van der Waals surface area (Å²) in [6, 6.07) is 10.4. The Kier molecular flexibility index (Phi) is 5.25. The zero-order valence-corrected chi connectivity index (χ0v) is 12.6. The predicted octanol–water partition coefficient (Wildman–Crippen LogP) is 3.38. The minimum Gasteiger partial charge on any atom is -0.479 e. The molecule has 0 saturated heterocycles. The number of pyridine rings is 1. The Balaban J connectivity index is 2.68. The quantitative estimate of drug-likeness (QED) is 0.652. The van der Waals surface area contributed by atoms with Gasteiger partial charge in [-0.2, -0.15) is 0 Å². The Morgan fingerprint density at radius 1 is 1.41 bits per heavy atom. The Hall–Kier alpha value is -2.24. The zero-order valence-electron chi connectivity index (χ0n) is 11.8. The number of halogens is 1. The van der Waals surface area contributed by atoms with Crippen molar-refractivity contribution in [3.63, 3.8) is 0 Å². The number of benzene rings is 1. The van der Waals surface area contributed by atoms with Crippen LogP contribution in [0.15, 0.2) is 36.4 Å². The lowest BCUT2D eigenvalue weighted by Gasteiger charge is -2.17. The number of carboxylic acids is 1. The van der Waals surface area contributed by atoms with Crippen LogP contribution in [0.1, 0.15) is 28.9 Å². The van der Waals surface area contributed by atoms with Crippen molar-refractivity contribution < 1.29 is 19.4 Å². The SMILES string of the molecule is CCOC(C(=O)O)c1cc(C=O)c(Cl)nc1-c1ccccc1. The highest BCUT2D eigenvalue weighted by Gasteiger charge is 2.26. The van der Waals surface area contributed by atoms with Crippen molar-refractivity contribution in [2.24, 2.45) is 0 Å². The summed E-state index contributed by atoms with van der Waals surface area (Å²) in [6.45, 7) is 1.91. The highest BCUT2D eigenvalue weighted by Crippen LogP contribution is 2.31. The predicted molar refractivity (Wildman–Crippen MR) is 82.1 cm³/mol. The molecule has 0 spiro atoms. The van der Waals surface area contributed by atoms with Gasteiger partial charge in [0, 0.05) is 17.7 Å². The van der Waals surface area contributed by atoms with Gasteiger partial charge in [-0.1, -0.05) is 41.9 Å². The highest BCUT2D eigenvalue weighted by molar-refractivity contribution is 6.31. The fraction of sp³-hybridized carbons (Fsp3) is 0.188. The van der Waals surface area contributed by atoms with Crippen LogP contribution in [0, 0.1) is 0 Å². The van der Waals surface area contributed by atoms with Crippen LogP contribution in [0.25, 0.3) is 11.3 Å². The van der Waals surface area contributed by atoms with Gasteiger partial charge in [-0.25, -0.2) is 9.78 Å². The second-order valence-electron chi connectivity index (χ2n) is 4.46. The van der Waals surface area contributed by atoms with E-state index in [0.29, 0.717) is 23.1 Å². The van der Waals surface area contributed by atoms with Crippen LogP contribution in [-0.4, -0.2) is 29.0 Å². The number of aromatic nitrogens is 1. The zero-order chi connectivity index (χ0) is 16.1. The van der Waals surface area contributed by atoms with E-state index in [9.17, 15) is 14.7 Å². The van der Waals surface area contributed by atoms with E-state index in [1.54, 1.807) is 31.2 Å². The second kappa shape index (κ2) is 7.15. The van der Waals surface area contributed by atoms with E-state index in [1.807, 2.05) is 6.07 Å². The fourth-order valence-electron chi connectivity index (χ4n) is 2.09. The maximum Gasteiger partial charge on any atom is 0.337 e. The topological polar surface area (TPSA) is 76.5 Å². The molecular weight excluding hydrogens is 306 g/mol. The van der Waals surface area contributed by atoms with Crippen LogP contribution in [0.5, 0.6) is 0 Å². The number of carbonyl (C=O) groups is 2. The molecule has 0 saturated carbocycles. The third-order valence-electron chi connectivity index (χ3n) is 3.05. The molecule has 2 rings (SSSR count). The molecule has 0 radical (unpaired) electrons. The number of ether oxygens (including phenoxy) is 1. The number of hydrogen-bond donors (Lipinski definition) is 1. The molecule has 22 heavy (non-hydrogen) atoms. The van der Waals surface area contributed by atoms with E-state index in [2.05, 4.69) is 4.98 Å². The molecule has 1 unspecified atom stereocenters. The molecule has 0 aliphatic rings. The maximum atomic E-state index is 11.5. The summed E-state index contributed by atoms with van der Waals surface area (Å²) in [4.78, 5) is 26.7. The van der Waals surface area contributed by atoms with Gasteiger partial charge in [0.05, 0.1) is 11.3 Å². The van der Waals surface area contributed by atoms with Gasteiger partial charge in [0.2, 0.25) is 0 Å².